The van der Waals surface area contributed by atoms with Gasteiger partial charge in [-0.3, -0.25) is 18.9 Å². The Morgan fingerprint density at radius 3 is 2.13 bits per heavy atom. The molecule has 0 bridgehead atoms. The molecule has 1 aromatic heterocycles. The Bertz CT molecular complexity index is 1390. The maximum absolute atomic E-state index is 12.6. The van der Waals surface area contributed by atoms with Crippen molar-refractivity contribution >= 4 is 26.3 Å². The summed E-state index contributed by atoms with van der Waals surface area (Å²) in [6, 6.07) is 20.3. The molecule has 1 aliphatic heterocycles. The summed E-state index contributed by atoms with van der Waals surface area (Å²) in [6.45, 7) is 8.31. The summed E-state index contributed by atoms with van der Waals surface area (Å²) >= 11 is 0. The second-order valence-corrected chi connectivity index (χ2v) is 17.3. The molecule has 1 aliphatic rings. The van der Waals surface area contributed by atoms with Crippen LogP contribution in [0.2, 0.25) is 5.04 Å². The molecule has 2 heterocycles. The number of hydrogen-bond acceptors (Lipinski definition) is 5. The van der Waals surface area contributed by atoms with Gasteiger partial charge in [-0.2, -0.15) is 0 Å². The molecule has 0 spiro atoms. The average Bonchev–Trinajstić information content (AvgIpc) is 3.28. The van der Waals surface area contributed by atoms with Gasteiger partial charge in [0.1, 0.15) is 6.23 Å². The molecule has 39 heavy (non-hydrogen) atoms. The molecule has 9 nitrogen and oxygen atoms in total. The van der Waals surface area contributed by atoms with Crippen molar-refractivity contribution in [2.24, 2.45) is 5.92 Å². The van der Waals surface area contributed by atoms with Crippen molar-refractivity contribution < 1.29 is 23.5 Å². The highest BCUT2D eigenvalue weighted by Crippen LogP contribution is 2.43. The number of rotatable bonds is 9. The van der Waals surface area contributed by atoms with E-state index in [9.17, 15) is 23.9 Å². The first kappa shape index (κ1) is 29.4. The largest absolute Gasteiger partial charge is 0.405 e. The Balaban J connectivity index is 1.71. The van der Waals surface area contributed by atoms with Crippen molar-refractivity contribution in [1.82, 2.24) is 9.55 Å². The number of aryl methyl sites for hydroxylation is 1. The van der Waals surface area contributed by atoms with E-state index >= 15 is 0 Å². The minimum Gasteiger partial charge on any atom is -0.405 e. The molecular weight excluding hydrogens is 535 g/mol. The van der Waals surface area contributed by atoms with Gasteiger partial charge < -0.3 is 18.9 Å². The van der Waals surface area contributed by atoms with Gasteiger partial charge in [-0.15, -0.1) is 0 Å². The first-order valence-electron chi connectivity index (χ1n) is 13.1. The van der Waals surface area contributed by atoms with Crippen molar-refractivity contribution in [3.63, 3.8) is 0 Å². The molecule has 0 saturated carbocycles. The van der Waals surface area contributed by atoms with Gasteiger partial charge in [0.25, 0.3) is 13.9 Å². The van der Waals surface area contributed by atoms with Gasteiger partial charge in [0.2, 0.25) is 0 Å². The molecule has 11 heteroatoms. The third-order valence-electron chi connectivity index (χ3n) is 7.49. The predicted octanol–water partition coefficient (Wildman–Crippen LogP) is 2.89. The fourth-order valence-electron chi connectivity index (χ4n) is 5.54. The topological polar surface area (TPSA) is 131 Å². The average molecular weight is 573 g/mol. The van der Waals surface area contributed by atoms with Gasteiger partial charge in [-0.25, -0.2) is 4.79 Å². The molecule has 3 aromatic rings. The van der Waals surface area contributed by atoms with E-state index in [1.165, 1.54) is 10.8 Å². The Hall–Kier alpha value is -2.59. The molecule has 4 rings (SSSR count). The highest BCUT2D eigenvalue weighted by molar-refractivity contribution is 7.51. The lowest BCUT2D eigenvalue weighted by molar-refractivity contribution is -0.0296. The molecule has 3 atom stereocenters. The zero-order chi connectivity index (χ0) is 28.4. The van der Waals surface area contributed by atoms with Crippen molar-refractivity contribution in [3.05, 3.63) is 93.3 Å². The maximum Gasteiger partial charge on any atom is 0.330 e. The number of benzene rings is 2. The predicted molar refractivity (Wildman–Crippen MR) is 153 cm³/mol. The van der Waals surface area contributed by atoms with Crippen LogP contribution in [0.25, 0.3) is 0 Å². The lowest BCUT2D eigenvalue weighted by atomic mass is 9.98. The van der Waals surface area contributed by atoms with E-state index in [1.54, 1.807) is 6.92 Å². The monoisotopic (exact) mass is 572 g/mol. The number of H-pyrrole nitrogens is 1. The van der Waals surface area contributed by atoms with Crippen LogP contribution < -0.4 is 21.6 Å². The minimum atomic E-state index is -4.24. The Morgan fingerprint density at radius 1 is 1.05 bits per heavy atom. The van der Waals surface area contributed by atoms with Crippen LogP contribution in [0.3, 0.4) is 0 Å². The van der Waals surface area contributed by atoms with Crippen molar-refractivity contribution in [2.75, 3.05) is 12.8 Å². The molecular formula is C28H37N2O7PSi. The van der Waals surface area contributed by atoms with Gasteiger partial charge in [0.05, 0.1) is 18.9 Å². The molecule has 0 unspecified atom stereocenters. The van der Waals surface area contributed by atoms with E-state index in [1.807, 2.05) is 36.4 Å². The fourth-order valence-corrected chi connectivity index (χ4v) is 10.8. The third kappa shape index (κ3) is 6.43. The third-order valence-corrected chi connectivity index (χ3v) is 13.3. The zero-order valence-electron chi connectivity index (χ0n) is 22.7. The van der Waals surface area contributed by atoms with Gasteiger partial charge in [-0.1, -0.05) is 81.4 Å². The van der Waals surface area contributed by atoms with Gasteiger partial charge in [-0.05, 0) is 41.1 Å². The summed E-state index contributed by atoms with van der Waals surface area (Å²) in [5, 5.41) is 1.96. The van der Waals surface area contributed by atoms with E-state index in [4.69, 9.17) is 9.16 Å². The standard InChI is InChI=1S/C28H37N2O7PSi/c1-20-18-30(27(32)29-26(20)31)25-17-21(15-16-38(33,34)35)24(37-25)19-36-39(28(2,3)4,22-11-7-5-8-12-22)23-13-9-6-10-14-23/h5-14,18,21,24-25H,15-17,19H2,1-4H3,(H,29,31,32)(H2,33,34,35)/t21-,24+,25+/m0/s1. The van der Waals surface area contributed by atoms with E-state index in [-0.39, 0.29) is 30.1 Å². The summed E-state index contributed by atoms with van der Waals surface area (Å²) < 4.78 is 26.5. The lowest BCUT2D eigenvalue weighted by Crippen LogP contribution is -2.67. The summed E-state index contributed by atoms with van der Waals surface area (Å²) in [6.07, 6.45) is 0.553. The van der Waals surface area contributed by atoms with E-state index in [0.29, 0.717) is 12.0 Å². The fraction of sp³-hybridized carbons (Fsp3) is 0.429. The van der Waals surface area contributed by atoms with Crippen LogP contribution in [0.1, 0.15) is 45.4 Å². The number of nitrogens with zero attached hydrogens (tertiary/aromatic N) is 1. The van der Waals surface area contributed by atoms with Crippen molar-refractivity contribution in [2.45, 2.75) is 57.9 Å². The zero-order valence-corrected chi connectivity index (χ0v) is 24.6. The van der Waals surface area contributed by atoms with Gasteiger partial charge in [0.15, 0.2) is 0 Å². The number of aromatic amines is 1. The summed E-state index contributed by atoms with van der Waals surface area (Å²) in [7, 11) is -7.12. The second kappa shape index (κ2) is 11.5. The molecule has 0 radical (unpaired) electrons. The normalized spacial score (nSPS) is 20.3. The summed E-state index contributed by atoms with van der Waals surface area (Å²) in [4.78, 5) is 46.0. The van der Waals surface area contributed by atoms with Crippen molar-refractivity contribution in [3.8, 4) is 0 Å². The number of nitrogens with one attached hydrogen (secondary N) is 1. The molecule has 2 aromatic carbocycles. The van der Waals surface area contributed by atoms with Crippen molar-refractivity contribution in [1.29, 1.82) is 0 Å². The highest BCUT2D eigenvalue weighted by atomic mass is 31.2. The summed E-state index contributed by atoms with van der Waals surface area (Å²) in [5.74, 6) is -0.264. The van der Waals surface area contributed by atoms with Crippen LogP contribution in [0.4, 0.5) is 0 Å². The lowest BCUT2D eigenvalue weighted by Gasteiger charge is -2.43. The van der Waals surface area contributed by atoms with E-state index in [2.05, 4.69) is 50.0 Å². The first-order chi connectivity index (χ1) is 18.3. The molecule has 1 fully saturated rings. The quantitative estimate of drug-likeness (QED) is 0.266. The van der Waals surface area contributed by atoms with Crippen LogP contribution in [-0.2, 0) is 13.7 Å². The summed E-state index contributed by atoms with van der Waals surface area (Å²) in [5.41, 5.74) is -0.672. The Kier molecular flexibility index (Phi) is 8.66. The van der Waals surface area contributed by atoms with Crippen LogP contribution in [0, 0.1) is 12.8 Å². The number of hydrogen-bond donors (Lipinski definition) is 3. The molecule has 1 saturated heterocycles. The van der Waals surface area contributed by atoms with Gasteiger partial charge in [0, 0.05) is 11.8 Å². The van der Waals surface area contributed by atoms with Crippen LogP contribution in [-0.4, -0.2) is 46.5 Å². The maximum atomic E-state index is 12.6. The smallest absolute Gasteiger partial charge is 0.330 e. The highest BCUT2D eigenvalue weighted by Gasteiger charge is 2.51. The van der Waals surface area contributed by atoms with Crippen LogP contribution in [0.15, 0.2) is 76.4 Å². The van der Waals surface area contributed by atoms with Gasteiger partial charge >= 0.3 is 13.3 Å². The van der Waals surface area contributed by atoms with E-state index in [0.717, 1.165) is 10.4 Å². The molecule has 0 aliphatic carbocycles. The number of aromatic nitrogens is 2. The Labute approximate surface area is 229 Å². The second-order valence-electron chi connectivity index (χ2n) is 11.3. The van der Waals surface area contributed by atoms with Crippen LogP contribution >= 0.6 is 7.60 Å². The first-order valence-corrected chi connectivity index (χ1v) is 16.8. The molecule has 0 amide bonds. The molecule has 210 valence electrons. The minimum absolute atomic E-state index is 0.187. The SMILES string of the molecule is Cc1cn([C@H]2C[C@H](CCP(=O)(O)O)[C@@H](CO[Si](c3ccccc3)(c3ccccc3)C(C)(C)C)O2)c(=O)[nH]c1=O. The number of ether oxygens (including phenoxy) is 1. The molecule has 3 N–H and O–H groups in total. The van der Waals surface area contributed by atoms with E-state index < -0.39 is 39.5 Å². The Morgan fingerprint density at radius 2 is 1.62 bits per heavy atom. The van der Waals surface area contributed by atoms with Crippen LogP contribution in [0.5, 0.6) is 0 Å².